The molecule has 0 N–H and O–H groups in total. The first-order chi connectivity index (χ1) is 13.8. The van der Waals surface area contributed by atoms with Gasteiger partial charge in [0.05, 0.1) is 0 Å². The third kappa shape index (κ3) is 4.31. The maximum Gasteiger partial charge on any atom is 0.372 e. The maximum absolute atomic E-state index is 13.0. The topological polar surface area (TPSA) is 58.6 Å². The van der Waals surface area contributed by atoms with E-state index in [2.05, 4.69) is 41.5 Å². The van der Waals surface area contributed by atoms with Crippen molar-refractivity contribution in [2.24, 2.45) is 0 Å². The van der Waals surface area contributed by atoms with Gasteiger partial charge in [-0.25, -0.2) is 4.57 Å². The van der Waals surface area contributed by atoms with Gasteiger partial charge < -0.3 is 13.9 Å². The Morgan fingerprint density at radius 2 is 1.20 bits per heavy atom. The van der Waals surface area contributed by atoms with Crippen molar-refractivity contribution in [2.45, 2.75) is 85.5 Å². The van der Waals surface area contributed by atoms with Crippen LogP contribution >= 0.6 is 7.82 Å². The Kier molecular flexibility index (Phi) is 5.90. The summed E-state index contributed by atoms with van der Waals surface area (Å²) in [5, 5.41) is 0. The minimum atomic E-state index is -4.62. The summed E-state index contributed by atoms with van der Waals surface area (Å²) in [5.74, 6) is 0.850. The van der Waals surface area contributed by atoms with Crippen LogP contribution in [0.2, 0.25) is 0 Å². The van der Waals surface area contributed by atoms with Gasteiger partial charge in [-0.2, -0.15) is 0 Å². The highest BCUT2D eigenvalue weighted by Gasteiger charge is 2.33. The fourth-order valence-electron chi connectivity index (χ4n) is 4.01. The molecular formula is C25H34O4P-. The largest absolute Gasteiger partial charge is 0.736 e. The second-order valence-electron chi connectivity index (χ2n) is 9.88. The number of fused-ring (bicyclic) bond motifs is 2. The highest BCUT2D eigenvalue weighted by Crippen LogP contribution is 2.52. The van der Waals surface area contributed by atoms with Crippen molar-refractivity contribution in [2.75, 3.05) is 0 Å². The smallest absolute Gasteiger partial charge is 0.372 e. The lowest BCUT2D eigenvalue weighted by atomic mass is 9.78. The zero-order chi connectivity index (χ0) is 22.5. The number of hydrogen-bond donors (Lipinski definition) is 0. The van der Waals surface area contributed by atoms with Crippen molar-refractivity contribution in [1.29, 1.82) is 0 Å². The summed E-state index contributed by atoms with van der Waals surface area (Å²) in [6.07, 6.45) is 2.29. The molecule has 164 valence electrons. The average molecular weight is 430 g/mol. The van der Waals surface area contributed by atoms with Crippen LogP contribution in [-0.2, 0) is 21.8 Å². The molecule has 0 aromatic heterocycles. The van der Waals surface area contributed by atoms with E-state index in [0.29, 0.717) is 17.9 Å². The van der Waals surface area contributed by atoms with Gasteiger partial charge in [0.25, 0.3) is 0 Å². The van der Waals surface area contributed by atoms with E-state index in [1.807, 2.05) is 38.1 Å². The van der Waals surface area contributed by atoms with Gasteiger partial charge in [-0.3, -0.25) is 0 Å². The van der Waals surface area contributed by atoms with Crippen LogP contribution in [0.3, 0.4) is 0 Å². The van der Waals surface area contributed by atoms with E-state index in [1.54, 1.807) is 0 Å². The molecule has 2 aromatic rings. The minimum Gasteiger partial charge on any atom is -0.736 e. The van der Waals surface area contributed by atoms with Gasteiger partial charge in [0.1, 0.15) is 11.5 Å². The molecule has 0 unspecified atom stereocenters. The van der Waals surface area contributed by atoms with Gasteiger partial charge in [0.15, 0.2) is 0 Å². The monoisotopic (exact) mass is 429 g/mol. The minimum absolute atomic E-state index is 0.222. The molecule has 3 rings (SSSR count). The van der Waals surface area contributed by atoms with E-state index in [1.165, 1.54) is 0 Å². The first-order valence-electron chi connectivity index (χ1n) is 10.8. The summed E-state index contributed by atoms with van der Waals surface area (Å²) in [6, 6.07) is 8.14. The summed E-state index contributed by atoms with van der Waals surface area (Å²) in [7, 11) is -4.62. The quantitative estimate of drug-likeness (QED) is 0.520. The molecule has 0 radical (unpaired) electrons. The van der Waals surface area contributed by atoms with Crippen LogP contribution in [0.4, 0.5) is 0 Å². The van der Waals surface area contributed by atoms with Crippen LogP contribution in [0.1, 0.15) is 87.8 Å². The molecule has 1 aliphatic heterocycles. The number of hydrogen-bond acceptors (Lipinski definition) is 4. The highest BCUT2D eigenvalue weighted by molar-refractivity contribution is 7.46. The number of benzene rings is 2. The molecule has 0 spiro atoms. The Morgan fingerprint density at radius 3 is 1.53 bits per heavy atom. The molecule has 0 fully saturated rings. The predicted molar refractivity (Wildman–Crippen MR) is 121 cm³/mol. The van der Waals surface area contributed by atoms with E-state index in [9.17, 15) is 9.46 Å². The summed E-state index contributed by atoms with van der Waals surface area (Å²) in [6.45, 7) is 16.7. The maximum atomic E-state index is 13.0. The fraction of sp³-hybridized carbons (Fsp3) is 0.520. The van der Waals surface area contributed by atoms with Crippen molar-refractivity contribution < 1.29 is 18.5 Å². The van der Waals surface area contributed by atoms with E-state index in [-0.39, 0.29) is 10.8 Å². The summed E-state index contributed by atoms with van der Waals surface area (Å²) in [4.78, 5) is 13.0. The number of phosphoric acid groups is 1. The molecule has 4 nitrogen and oxygen atoms in total. The lowest BCUT2D eigenvalue weighted by molar-refractivity contribution is -0.208. The Bertz CT molecular complexity index is 943. The number of phosphoric ester groups is 1. The van der Waals surface area contributed by atoms with Crippen molar-refractivity contribution in [3.8, 4) is 11.5 Å². The van der Waals surface area contributed by atoms with Crippen LogP contribution in [0.25, 0.3) is 0 Å². The van der Waals surface area contributed by atoms with Gasteiger partial charge in [0.2, 0.25) is 0 Å². The molecule has 2 aromatic carbocycles. The Hall–Kier alpha value is -1.77. The summed E-state index contributed by atoms with van der Waals surface area (Å²) >= 11 is 0. The van der Waals surface area contributed by atoms with Crippen molar-refractivity contribution in [3.63, 3.8) is 0 Å². The first kappa shape index (κ1) is 22.9. The molecular weight excluding hydrogens is 395 g/mol. The zero-order valence-electron chi connectivity index (χ0n) is 19.5. The van der Waals surface area contributed by atoms with Gasteiger partial charge in [-0.15, -0.1) is 0 Å². The fourth-order valence-corrected chi connectivity index (χ4v) is 4.92. The lowest BCUT2D eigenvalue weighted by Crippen LogP contribution is -2.24. The third-order valence-corrected chi connectivity index (χ3v) is 7.45. The van der Waals surface area contributed by atoms with Gasteiger partial charge in [-0.1, -0.05) is 76.9 Å². The van der Waals surface area contributed by atoms with Crippen LogP contribution in [-0.4, -0.2) is 0 Å². The number of rotatable bonds is 4. The Balaban J connectivity index is 2.32. The predicted octanol–water partition coefficient (Wildman–Crippen LogP) is 6.51. The molecule has 0 amide bonds. The average Bonchev–Trinajstić information content (AvgIpc) is 2.64. The highest BCUT2D eigenvalue weighted by atomic mass is 31.2. The molecule has 30 heavy (non-hydrogen) atoms. The second kappa shape index (κ2) is 7.73. The zero-order valence-corrected chi connectivity index (χ0v) is 20.4. The standard InChI is InChI=1S/C25H35O4P/c1-9-24(5,6)20-13-16(3)11-18-15-19-12-17(4)14-21(25(7,8)10-2)23(19)29-30(26,27)28-22(18)20/h11-14H,9-10,15H2,1-8H3,(H,26,27)/p-1. The summed E-state index contributed by atoms with van der Waals surface area (Å²) in [5.41, 5.74) is 5.34. The van der Waals surface area contributed by atoms with Gasteiger partial charge in [0, 0.05) is 17.5 Å². The molecule has 0 atom stereocenters. The first-order valence-corrected chi connectivity index (χ1v) is 12.2. The van der Waals surface area contributed by atoms with Crippen molar-refractivity contribution in [3.05, 3.63) is 57.6 Å². The third-order valence-electron chi connectivity index (χ3n) is 6.63. The molecule has 0 saturated heterocycles. The normalized spacial score (nSPS) is 15.9. The van der Waals surface area contributed by atoms with E-state index < -0.39 is 7.82 Å². The van der Waals surface area contributed by atoms with Gasteiger partial charge >= 0.3 is 7.82 Å². The van der Waals surface area contributed by atoms with Crippen LogP contribution in [0.15, 0.2) is 24.3 Å². The van der Waals surface area contributed by atoms with Crippen LogP contribution in [0.5, 0.6) is 11.5 Å². The molecule has 1 aliphatic rings. The molecule has 5 heteroatoms. The van der Waals surface area contributed by atoms with E-state index >= 15 is 0 Å². The van der Waals surface area contributed by atoms with Crippen LogP contribution < -0.4 is 13.9 Å². The van der Waals surface area contributed by atoms with E-state index in [0.717, 1.165) is 46.2 Å². The van der Waals surface area contributed by atoms with E-state index in [4.69, 9.17) is 9.05 Å². The van der Waals surface area contributed by atoms with Crippen LogP contribution in [0, 0.1) is 13.8 Å². The van der Waals surface area contributed by atoms with Gasteiger partial charge in [-0.05, 0) is 48.6 Å². The lowest BCUT2D eigenvalue weighted by Gasteiger charge is -2.36. The second-order valence-corrected chi connectivity index (χ2v) is 11.1. The Morgan fingerprint density at radius 1 is 0.833 bits per heavy atom. The molecule has 0 aliphatic carbocycles. The molecule has 0 bridgehead atoms. The SMILES string of the molecule is CCC(C)(C)c1cc(C)cc2c1OP(=O)([O-])Oc1c(cc(C)cc1C(C)(C)CC)C2. The Labute approximate surface area is 181 Å². The number of aryl methyl sites for hydroxylation is 2. The van der Waals surface area contributed by atoms with Crippen molar-refractivity contribution >= 4 is 7.82 Å². The summed E-state index contributed by atoms with van der Waals surface area (Å²) < 4.78 is 24.4. The molecule has 0 saturated carbocycles. The van der Waals surface area contributed by atoms with Crippen molar-refractivity contribution in [1.82, 2.24) is 0 Å². The molecule has 1 heterocycles.